The third-order valence-electron chi connectivity index (χ3n) is 4.96. The van der Waals surface area contributed by atoms with E-state index in [9.17, 15) is 9.59 Å². The molecule has 6 nitrogen and oxygen atoms in total. The molecule has 1 saturated heterocycles. The molecule has 0 radical (unpaired) electrons. The number of hydrogen-bond donors (Lipinski definition) is 0. The van der Waals surface area contributed by atoms with Gasteiger partial charge in [0.25, 0.3) is 11.1 Å². The van der Waals surface area contributed by atoms with Crippen LogP contribution in [0, 0.1) is 6.92 Å². The van der Waals surface area contributed by atoms with Gasteiger partial charge in [0.15, 0.2) is 0 Å². The number of carbonyl (C=O) groups excluding carboxylic acids is 2. The van der Waals surface area contributed by atoms with Crippen LogP contribution < -0.4 is 14.2 Å². The summed E-state index contributed by atoms with van der Waals surface area (Å²) in [6, 6.07) is 11.4. The van der Waals surface area contributed by atoms with E-state index in [0.717, 1.165) is 28.6 Å². The maximum Gasteiger partial charge on any atom is 0.293 e. The van der Waals surface area contributed by atoms with Gasteiger partial charge in [-0.1, -0.05) is 26.0 Å². The smallest absolute Gasteiger partial charge is 0.293 e. The summed E-state index contributed by atoms with van der Waals surface area (Å²) in [6.07, 6.45) is 1.67. The third-order valence-corrected chi connectivity index (χ3v) is 5.87. The van der Waals surface area contributed by atoms with Crippen molar-refractivity contribution in [2.45, 2.75) is 26.7 Å². The van der Waals surface area contributed by atoms with Crippen molar-refractivity contribution in [3.63, 3.8) is 0 Å². The monoisotopic (exact) mass is 441 g/mol. The highest BCUT2D eigenvalue weighted by Gasteiger charge is 2.35. The van der Waals surface area contributed by atoms with E-state index in [-0.39, 0.29) is 24.3 Å². The Bertz CT molecular complexity index is 1020. The Morgan fingerprint density at radius 2 is 1.81 bits per heavy atom. The van der Waals surface area contributed by atoms with Crippen molar-refractivity contribution in [2.75, 3.05) is 27.4 Å². The third kappa shape index (κ3) is 5.22. The second kappa shape index (κ2) is 9.92. The molecule has 0 unspecified atom stereocenters. The van der Waals surface area contributed by atoms with Gasteiger partial charge in [0.1, 0.15) is 23.9 Å². The topological polar surface area (TPSA) is 65.1 Å². The van der Waals surface area contributed by atoms with Crippen LogP contribution in [0.3, 0.4) is 0 Å². The lowest BCUT2D eigenvalue weighted by Gasteiger charge is -2.17. The Morgan fingerprint density at radius 1 is 1.03 bits per heavy atom. The van der Waals surface area contributed by atoms with Gasteiger partial charge in [0.2, 0.25) is 0 Å². The minimum atomic E-state index is -0.329. The average Bonchev–Trinajstić information content (AvgIpc) is 3.01. The van der Waals surface area contributed by atoms with Crippen LogP contribution in [0.4, 0.5) is 4.79 Å². The lowest BCUT2D eigenvalue weighted by atomic mass is 10.0. The zero-order chi connectivity index (χ0) is 22.5. The number of amides is 2. The van der Waals surface area contributed by atoms with Gasteiger partial charge in [-0.3, -0.25) is 14.5 Å². The first-order valence-corrected chi connectivity index (χ1v) is 10.9. The molecule has 0 N–H and O–H groups in total. The van der Waals surface area contributed by atoms with E-state index in [2.05, 4.69) is 26.0 Å². The van der Waals surface area contributed by atoms with Crippen LogP contribution in [0.2, 0.25) is 0 Å². The van der Waals surface area contributed by atoms with Crippen molar-refractivity contribution in [3.05, 3.63) is 58.0 Å². The number of thioether (sulfide) groups is 1. The Hall–Kier alpha value is -2.93. The van der Waals surface area contributed by atoms with Gasteiger partial charge in [-0.15, -0.1) is 0 Å². The lowest BCUT2D eigenvalue weighted by Crippen LogP contribution is -2.32. The van der Waals surface area contributed by atoms with E-state index in [1.807, 2.05) is 13.0 Å². The number of imide groups is 1. The minimum Gasteiger partial charge on any atom is -0.497 e. The maximum absolute atomic E-state index is 12.8. The Labute approximate surface area is 187 Å². The van der Waals surface area contributed by atoms with Gasteiger partial charge in [0, 0.05) is 11.6 Å². The van der Waals surface area contributed by atoms with Crippen molar-refractivity contribution in [1.82, 2.24) is 4.90 Å². The molecule has 1 aliphatic rings. The van der Waals surface area contributed by atoms with Crippen LogP contribution in [-0.2, 0) is 4.79 Å². The van der Waals surface area contributed by atoms with Gasteiger partial charge < -0.3 is 14.2 Å². The van der Waals surface area contributed by atoms with Gasteiger partial charge in [-0.25, -0.2) is 0 Å². The van der Waals surface area contributed by atoms with Crippen molar-refractivity contribution in [1.29, 1.82) is 0 Å². The van der Waals surface area contributed by atoms with Crippen LogP contribution in [0.1, 0.15) is 36.5 Å². The highest BCUT2D eigenvalue weighted by Crippen LogP contribution is 2.35. The van der Waals surface area contributed by atoms with E-state index in [1.165, 1.54) is 4.90 Å². The zero-order valence-electron chi connectivity index (χ0n) is 18.4. The summed E-state index contributed by atoms with van der Waals surface area (Å²) in [6.45, 7) is 6.64. The maximum atomic E-state index is 12.8. The summed E-state index contributed by atoms with van der Waals surface area (Å²) in [4.78, 5) is 26.8. The SMILES string of the molecule is COc1ccc(/C=C2\SC(=O)N(CCOc3cc(C)ccc3C(C)C)C2=O)c(OC)c1. The molecule has 0 saturated carbocycles. The standard InChI is InChI=1S/C24H27NO5S/c1-15(2)19-9-6-16(3)12-21(19)30-11-10-25-23(26)22(31-24(25)27)13-17-7-8-18(28-4)14-20(17)29-5/h6-9,12-15H,10-11H2,1-5H3/b22-13-. The normalized spacial score (nSPS) is 15.2. The van der Waals surface area contributed by atoms with Gasteiger partial charge in [-0.05, 0) is 60.0 Å². The fraction of sp³-hybridized carbons (Fsp3) is 0.333. The van der Waals surface area contributed by atoms with Crippen molar-refractivity contribution >= 4 is 29.0 Å². The number of aryl methyl sites for hydroxylation is 1. The average molecular weight is 442 g/mol. The number of methoxy groups -OCH3 is 2. The number of nitrogens with zero attached hydrogens (tertiary/aromatic N) is 1. The molecule has 0 atom stereocenters. The molecule has 0 bridgehead atoms. The van der Waals surface area contributed by atoms with Gasteiger partial charge >= 0.3 is 0 Å². The molecule has 3 rings (SSSR count). The molecule has 31 heavy (non-hydrogen) atoms. The largest absolute Gasteiger partial charge is 0.497 e. The summed E-state index contributed by atoms with van der Waals surface area (Å²) in [5, 5.41) is -0.305. The number of rotatable bonds is 8. The predicted molar refractivity (Wildman–Crippen MR) is 123 cm³/mol. The molecule has 0 aromatic heterocycles. The van der Waals surface area contributed by atoms with Crippen LogP contribution in [0.5, 0.6) is 17.2 Å². The summed E-state index contributed by atoms with van der Waals surface area (Å²) in [5.74, 6) is 1.99. The predicted octanol–water partition coefficient (Wildman–Crippen LogP) is 5.25. The van der Waals surface area contributed by atoms with Crippen molar-refractivity contribution in [2.24, 2.45) is 0 Å². The highest BCUT2D eigenvalue weighted by atomic mass is 32.2. The zero-order valence-corrected chi connectivity index (χ0v) is 19.2. The van der Waals surface area contributed by atoms with Crippen LogP contribution >= 0.6 is 11.8 Å². The Kier molecular flexibility index (Phi) is 7.28. The lowest BCUT2D eigenvalue weighted by molar-refractivity contribution is -0.123. The Morgan fingerprint density at radius 3 is 2.48 bits per heavy atom. The minimum absolute atomic E-state index is 0.188. The molecular formula is C24H27NO5S. The van der Waals surface area contributed by atoms with E-state index in [1.54, 1.807) is 38.5 Å². The molecule has 0 spiro atoms. The number of carbonyl (C=O) groups is 2. The number of benzene rings is 2. The number of ether oxygens (including phenoxy) is 3. The van der Waals surface area contributed by atoms with Crippen molar-refractivity contribution < 1.29 is 23.8 Å². The summed E-state index contributed by atoms with van der Waals surface area (Å²) >= 11 is 0.919. The fourth-order valence-corrected chi connectivity index (χ4v) is 4.12. The summed E-state index contributed by atoms with van der Waals surface area (Å²) in [5.41, 5.74) is 2.90. The van der Waals surface area contributed by atoms with Crippen LogP contribution in [-0.4, -0.2) is 43.4 Å². The Balaban J connectivity index is 1.70. The van der Waals surface area contributed by atoms with E-state index >= 15 is 0 Å². The quantitative estimate of drug-likeness (QED) is 0.521. The van der Waals surface area contributed by atoms with E-state index in [4.69, 9.17) is 14.2 Å². The van der Waals surface area contributed by atoms with Gasteiger partial charge in [-0.2, -0.15) is 0 Å². The summed E-state index contributed by atoms with van der Waals surface area (Å²) < 4.78 is 16.5. The molecule has 1 fully saturated rings. The molecule has 0 aliphatic carbocycles. The second-order valence-electron chi connectivity index (χ2n) is 7.49. The molecule has 2 aromatic rings. The molecule has 164 valence electrons. The van der Waals surface area contributed by atoms with E-state index in [0.29, 0.717) is 27.9 Å². The van der Waals surface area contributed by atoms with Crippen molar-refractivity contribution in [3.8, 4) is 17.2 Å². The first-order chi connectivity index (χ1) is 14.8. The molecule has 7 heteroatoms. The number of hydrogen-bond acceptors (Lipinski definition) is 6. The first kappa shape index (κ1) is 22.7. The highest BCUT2D eigenvalue weighted by molar-refractivity contribution is 8.18. The first-order valence-electron chi connectivity index (χ1n) is 10.0. The van der Waals surface area contributed by atoms with Crippen LogP contribution in [0.15, 0.2) is 41.3 Å². The molecule has 2 aromatic carbocycles. The molecule has 2 amide bonds. The second-order valence-corrected chi connectivity index (χ2v) is 8.48. The van der Waals surface area contributed by atoms with Crippen LogP contribution in [0.25, 0.3) is 6.08 Å². The molecular weight excluding hydrogens is 414 g/mol. The van der Waals surface area contributed by atoms with Gasteiger partial charge in [0.05, 0.1) is 25.7 Å². The molecule has 1 heterocycles. The van der Waals surface area contributed by atoms with E-state index < -0.39 is 0 Å². The fourth-order valence-electron chi connectivity index (χ4n) is 3.26. The summed E-state index contributed by atoms with van der Waals surface area (Å²) in [7, 11) is 3.12. The molecule has 1 aliphatic heterocycles.